The van der Waals surface area contributed by atoms with Gasteiger partial charge in [-0.1, -0.05) is 0 Å². The first-order valence-corrected chi connectivity index (χ1v) is 7.01. The zero-order chi connectivity index (χ0) is 13.6. The molecule has 0 aromatic carbocycles. The first kappa shape index (κ1) is 12.7. The maximum Gasteiger partial charge on any atom is 0.226 e. The molecule has 1 aromatic rings. The summed E-state index contributed by atoms with van der Waals surface area (Å²) in [5.74, 6) is 0.587. The zero-order valence-electron chi connectivity index (χ0n) is 11.5. The number of aliphatic hydroxyl groups excluding tert-OH is 1. The second-order valence-corrected chi connectivity index (χ2v) is 5.91. The lowest BCUT2D eigenvalue weighted by Gasteiger charge is -2.27. The molecule has 1 amide bonds. The van der Waals surface area contributed by atoms with Crippen LogP contribution in [0.5, 0.6) is 0 Å². The number of rotatable bonds is 3. The van der Waals surface area contributed by atoms with E-state index in [9.17, 15) is 9.90 Å². The number of likely N-dealkylation sites (N-methyl/N-ethyl adjacent to an activating group) is 1. The highest BCUT2D eigenvalue weighted by molar-refractivity contribution is 5.83. The molecular weight excluding hydrogens is 242 g/mol. The standard InChI is InChI=1S/C14H21N3O2/c1-16-8-9(7-15-16)10-6-11(10)14(19)17(2)12-4-3-5-13(12)18/h7-8,10-13,18H,3-6H2,1-2H3/t10-,11+,12+,13+/m0/s1. The Morgan fingerprint density at radius 3 is 2.89 bits per heavy atom. The van der Waals surface area contributed by atoms with Crippen molar-refractivity contribution in [2.24, 2.45) is 13.0 Å². The van der Waals surface area contributed by atoms with E-state index < -0.39 is 0 Å². The number of carbonyl (C=O) groups excluding carboxylic acids is 1. The molecule has 1 N–H and O–H groups in total. The lowest BCUT2D eigenvalue weighted by molar-refractivity contribution is -0.135. The van der Waals surface area contributed by atoms with E-state index in [1.165, 1.54) is 0 Å². The van der Waals surface area contributed by atoms with Crippen LogP contribution < -0.4 is 0 Å². The normalized spacial score (nSPS) is 33.4. The van der Waals surface area contributed by atoms with Crippen molar-refractivity contribution in [3.63, 3.8) is 0 Å². The van der Waals surface area contributed by atoms with Gasteiger partial charge in [-0.3, -0.25) is 9.48 Å². The van der Waals surface area contributed by atoms with Crippen molar-refractivity contribution >= 4 is 5.91 Å². The van der Waals surface area contributed by atoms with Crippen molar-refractivity contribution in [2.75, 3.05) is 7.05 Å². The Kier molecular flexibility index (Phi) is 3.09. The first-order valence-electron chi connectivity index (χ1n) is 7.01. The van der Waals surface area contributed by atoms with Gasteiger partial charge in [0.1, 0.15) is 0 Å². The molecular formula is C14H21N3O2. The third-order valence-corrected chi connectivity index (χ3v) is 4.55. The Morgan fingerprint density at radius 2 is 2.32 bits per heavy atom. The van der Waals surface area contributed by atoms with Crippen LogP contribution in [0.1, 0.15) is 37.2 Å². The Morgan fingerprint density at radius 1 is 1.53 bits per heavy atom. The second kappa shape index (κ2) is 4.63. The van der Waals surface area contributed by atoms with Gasteiger partial charge in [-0.05, 0) is 37.2 Å². The highest BCUT2D eigenvalue weighted by atomic mass is 16.3. The quantitative estimate of drug-likeness (QED) is 0.881. The van der Waals surface area contributed by atoms with E-state index in [4.69, 9.17) is 0 Å². The van der Waals surface area contributed by atoms with E-state index in [2.05, 4.69) is 5.10 Å². The summed E-state index contributed by atoms with van der Waals surface area (Å²) in [6, 6.07) is 0.0163. The van der Waals surface area contributed by atoms with Gasteiger partial charge >= 0.3 is 0 Å². The molecule has 0 spiro atoms. The number of hydrogen-bond donors (Lipinski definition) is 1. The topological polar surface area (TPSA) is 58.4 Å². The van der Waals surface area contributed by atoms with Crippen LogP contribution in [0, 0.1) is 5.92 Å². The smallest absolute Gasteiger partial charge is 0.226 e. The van der Waals surface area contributed by atoms with Crippen molar-refractivity contribution in [1.29, 1.82) is 0 Å². The summed E-state index contributed by atoms with van der Waals surface area (Å²) in [6.45, 7) is 0. The summed E-state index contributed by atoms with van der Waals surface area (Å²) in [7, 11) is 3.73. The number of hydrogen-bond acceptors (Lipinski definition) is 3. The number of aryl methyl sites for hydroxylation is 1. The van der Waals surface area contributed by atoms with Crippen LogP contribution >= 0.6 is 0 Å². The Hall–Kier alpha value is -1.36. The van der Waals surface area contributed by atoms with Gasteiger partial charge in [0, 0.05) is 26.2 Å². The second-order valence-electron chi connectivity index (χ2n) is 5.91. The van der Waals surface area contributed by atoms with E-state index in [1.54, 1.807) is 9.58 Å². The van der Waals surface area contributed by atoms with E-state index in [0.717, 1.165) is 31.2 Å². The fourth-order valence-electron chi connectivity index (χ4n) is 3.27. The zero-order valence-corrected chi connectivity index (χ0v) is 11.5. The van der Waals surface area contributed by atoms with Crippen LogP contribution in [0.4, 0.5) is 0 Å². The van der Waals surface area contributed by atoms with Crippen molar-refractivity contribution in [1.82, 2.24) is 14.7 Å². The summed E-state index contributed by atoms with van der Waals surface area (Å²) in [6.07, 6.45) is 7.17. The Balaban J connectivity index is 1.63. The number of amides is 1. The molecule has 2 aliphatic rings. The maximum absolute atomic E-state index is 12.4. The van der Waals surface area contributed by atoms with Crippen LogP contribution in [0.3, 0.4) is 0 Å². The molecule has 104 valence electrons. The molecule has 0 unspecified atom stereocenters. The summed E-state index contributed by atoms with van der Waals surface area (Å²) in [4.78, 5) is 14.2. The lowest BCUT2D eigenvalue weighted by atomic mass is 10.1. The van der Waals surface area contributed by atoms with Gasteiger partial charge in [-0.2, -0.15) is 5.10 Å². The van der Waals surface area contributed by atoms with Gasteiger partial charge in [0.15, 0.2) is 0 Å². The Labute approximate surface area is 113 Å². The highest BCUT2D eigenvalue weighted by Crippen LogP contribution is 2.48. The molecule has 2 fully saturated rings. The summed E-state index contributed by atoms with van der Waals surface area (Å²) in [5.41, 5.74) is 1.15. The molecule has 0 aliphatic heterocycles. The van der Waals surface area contributed by atoms with Crippen LogP contribution in [-0.2, 0) is 11.8 Å². The van der Waals surface area contributed by atoms with Gasteiger partial charge < -0.3 is 10.0 Å². The van der Waals surface area contributed by atoms with Crippen LogP contribution in [0.2, 0.25) is 0 Å². The third kappa shape index (κ3) is 2.27. The molecule has 0 radical (unpaired) electrons. The highest BCUT2D eigenvalue weighted by Gasteiger charge is 2.47. The fourth-order valence-corrected chi connectivity index (χ4v) is 3.27. The lowest BCUT2D eigenvalue weighted by Crippen LogP contribution is -2.42. The minimum atomic E-state index is -0.343. The predicted octanol–water partition coefficient (Wildman–Crippen LogP) is 0.895. The molecule has 1 heterocycles. The van der Waals surface area contributed by atoms with E-state index in [-0.39, 0.29) is 24.0 Å². The summed E-state index contributed by atoms with van der Waals surface area (Å²) < 4.78 is 1.78. The first-order chi connectivity index (χ1) is 9.08. The van der Waals surface area contributed by atoms with Gasteiger partial charge in [-0.15, -0.1) is 0 Å². The molecule has 3 rings (SSSR count). The van der Waals surface area contributed by atoms with E-state index >= 15 is 0 Å². The molecule has 1 aromatic heterocycles. The molecule has 0 saturated heterocycles. The van der Waals surface area contributed by atoms with Crippen LogP contribution in [0.15, 0.2) is 12.4 Å². The molecule has 2 aliphatic carbocycles. The minimum absolute atomic E-state index is 0.0163. The summed E-state index contributed by atoms with van der Waals surface area (Å²) >= 11 is 0. The molecule has 5 heteroatoms. The SMILES string of the molecule is CN(C(=O)[C@@H]1C[C@H]1c1cnn(C)c1)[C@@H]1CCC[C@H]1O. The number of carbonyl (C=O) groups is 1. The van der Waals surface area contributed by atoms with Gasteiger partial charge in [-0.25, -0.2) is 0 Å². The molecule has 2 saturated carbocycles. The van der Waals surface area contributed by atoms with Crippen molar-refractivity contribution < 1.29 is 9.90 Å². The predicted molar refractivity (Wildman–Crippen MR) is 70.5 cm³/mol. The van der Waals surface area contributed by atoms with Gasteiger partial charge in [0.25, 0.3) is 0 Å². The number of aliphatic hydroxyl groups is 1. The van der Waals surface area contributed by atoms with Crippen LogP contribution in [0.25, 0.3) is 0 Å². The molecule has 19 heavy (non-hydrogen) atoms. The monoisotopic (exact) mass is 263 g/mol. The molecule has 4 atom stereocenters. The van der Waals surface area contributed by atoms with Crippen molar-refractivity contribution in [3.8, 4) is 0 Å². The molecule has 0 bridgehead atoms. The average molecular weight is 263 g/mol. The van der Waals surface area contributed by atoms with Gasteiger partial charge in [0.2, 0.25) is 5.91 Å². The number of nitrogens with zero attached hydrogens (tertiary/aromatic N) is 3. The molecule has 5 nitrogen and oxygen atoms in total. The fraction of sp³-hybridized carbons (Fsp3) is 0.714. The van der Waals surface area contributed by atoms with E-state index in [0.29, 0.717) is 5.92 Å². The van der Waals surface area contributed by atoms with Crippen molar-refractivity contribution in [2.45, 2.75) is 43.7 Å². The minimum Gasteiger partial charge on any atom is -0.391 e. The van der Waals surface area contributed by atoms with Crippen molar-refractivity contribution in [3.05, 3.63) is 18.0 Å². The van der Waals surface area contributed by atoms with Crippen LogP contribution in [-0.4, -0.2) is 44.9 Å². The summed E-state index contributed by atoms with van der Waals surface area (Å²) in [5, 5.41) is 14.0. The van der Waals surface area contributed by atoms with E-state index in [1.807, 2.05) is 26.5 Å². The number of aromatic nitrogens is 2. The largest absolute Gasteiger partial charge is 0.391 e. The average Bonchev–Trinajstić information content (AvgIpc) is 2.89. The Bertz CT molecular complexity index is 485. The maximum atomic E-state index is 12.4. The van der Waals surface area contributed by atoms with Gasteiger partial charge in [0.05, 0.1) is 18.3 Å². The third-order valence-electron chi connectivity index (χ3n) is 4.55.